The Morgan fingerprint density at radius 1 is 1.31 bits per heavy atom. The number of halogens is 1. The lowest BCUT2D eigenvalue weighted by atomic mass is 10.2. The quantitative estimate of drug-likeness (QED) is 0.493. The molecule has 0 bridgehead atoms. The molecule has 0 spiro atoms. The molecular formula is C12H9ClN2O. The maximum absolute atomic E-state index is 10.7. The van der Waals surface area contributed by atoms with Crippen molar-refractivity contribution in [3.05, 3.63) is 53.6 Å². The van der Waals surface area contributed by atoms with Crippen molar-refractivity contribution in [2.45, 2.75) is 0 Å². The average molecular weight is 233 g/mol. The van der Waals surface area contributed by atoms with Crippen LogP contribution in [0.25, 0.3) is 5.03 Å². The first-order valence-electron chi connectivity index (χ1n) is 4.48. The van der Waals surface area contributed by atoms with Crippen molar-refractivity contribution in [1.82, 2.24) is 0 Å². The van der Waals surface area contributed by atoms with Gasteiger partial charge in [-0.25, -0.2) is 0 Å². The number of rotatable bonds is 3. The van der Waals surface area contributed by atoms with Gasteiger partial charge in [0.2, 0.25) is 0 Å². The van der Waals surface area contributed by atoms with Gasteiger partial charge >= 0.3 is 0 Å². The number of primary amides is 1. The van der Waals surface area contributed by atoms with Gasteiger partial charge in [-0.2, -0.15) is 5.26 Å². The monoisotopic (exact) mass is 232 g/mol. The van der Waals surface area contributed by atoms with E-state index in [2.05, 4.69) is 0 Å². The van der Waals surface area contributed by atoms with Gasteiger partial charge in [0.05, 0.1) is 0 Å². The fourth-order valence-electron chi connectivity index (χ4n) is 1.02. The SMILES string of the molecule is N#C/C(=C\C=C(Cl)c1ccccc1)C(N)=O. The molecule has 80 valence electrons. The van der Waals surface area contributed by atoms with E-state index in [1.807, 2.05) is 30.3 Å². The molecule has 2 N–H and O–H groups in total. The van der Waals surface area contributed by atoms with E-state index in [1.54, 1.807) is 6.07 Å². The molecule has 0 aliphatic heterocycles. The average Bonchev–Trinajstić information content (AvgIpc) is 2.30. The normalized spacial score (nSPS) is 12.0. The van der Waals surface area contributed by atoms with Gasteiger partial charge in [-0.1, -0.05) is 41.9 Å². The molecule has 1 amide bonds. The molecule has 0 radical (unpaired) electrons. The van der Waals surface area contributed by atoms with Crippen LogP contribution in [-0.2, 0) is 4.79 Å². The van der Waals surface area contributed by atoms with Crippen molar-refractivity contribution < 1.29 is 4.79 Å². The molecule has 1 aromatic carbocycles. The molecule has 1 rings (SSSR count). The highest BCUT2D eigenvalue weighted by molar-refractivity contribution is 6.48. The number of nitriles is 1. The molecule has 16 heavy (non-hydrogen) atoms. The highest BCUT2D eigenvalue weighted by Gasteiger charge is 2.01. The smallest absolute Gasteiger partial charge is 0.259 e. The summed E-state index contributed by atoms with van der Waals surface area (Å²) in [7, 11) is 0. The summed E-state index contributed by atoms with van der Waals surface area (Å²) in [4.78, 5) is 10.7. The highest BCUT2D eigenvalue weighted by Crippen LogP contribution is 2.18. The minimum Gasteiger partial charge on any atom is -0.365 e. The largest absolute Gasteiger partial charge is 0.365 e. The Labute approximate surface area is 98.4 Å². The van der Waals surface area contributed by atoms with E-state index in [-0.39, 0.29) is 5.57 Å². The standard InChI is InChI=1S/C12H9ClN2O/c13-11(9-4-2-1-3-5-9)7-6-10(8-14)12(15)16/h1-7H,(H2,15,16)/b10-6+,11-7?. The number of allylic oxidation sites excluding steroid dienone is 2. The molecule has 0 atom stereocenters. The van der Waals surface area contributed by atoms with E-state index in [0.29, 0.717) is 5.03 Å². The fraction of sp³-hybridized carbons (Fsp3) is 0. The van der Waals surface area contributed by atoms with Crippen LogP contribution < -0.4 is 5.73 Å². The van der Waals surface area contributed by atoms with Crippen molar-refractivity contribution >= 4 is 22.5 Å². The van der Waals surface area contributed by atoms with Crippen LogP contribution in [0.5, 0.6) is 0 Å². The lowest BCUT2D eigenvalue weighted by Gasteiger charge is -1.96. The van der Waals surface area contributed by atoms with Gasteiger partial charge in [0, 0.05) is 5.03 Å². The number of carbonyl (C=O) groups is 1. The summed E-state index contributed by atoms with van der Waals surface area (Å²) in [6.07, 6.45) is 2.78. The van der Waals surface area contributed by atoms with Gasteiger partial charge in [0.15, 0.2) is 0 Å². The summed E-state index contributed by atoms with van der Waals surface area (Å²) >= 11 is 5.97. The van der Waals surface area contributed by atoms with E-state index in [1.165, 1.54) is 12.2 Å². The number of nitrogens with two attached hydrogens (primary N) is 1. The van der Waals surface area contributed by atoms with E-state index in [4.69, 9.17) is 22.6 Å². The lowest BCUT2D eigenvalue weighted by molar-refractivity contribution is -0.114. The lowest BCUT2D eigenvalue weighted by Crippen LogP contribution is -2.12. The Kier molecular flexibility index (Phi) is 4.31. The first-order chi connectivity index (χ1) is 7.65. The second kappa shape index (κ2) is 5.74. The summed E-state index contributed by atoms with van der Waals surface area (Å²) in [5.41, 5.74) is 5.65. The molecule has 0 heterocycles. The molecule has 0 aliphatic carbocycles. The second-order valence-corrected chi connectivity index (χ2v) is 3.34. The maximum Gasteiger partial charge on any atom is 0.259 e. The summed E-state index contributed by atoms with van der Waals surface area (Å²) in [5, 5.41) is 9.03. The van der Waals surface area contributed by atoms with E-state index >= 15 is 0 Å². The molecule has 0 saturated carbocycles. The molecule has 0 aromatic heterocycles. The van der Waals surface area contributed by atoms with Gasteiger partial charge < -0.3 is 5.73 Å². The topological polar surface area (TPSA) is 66.9 Å². The molecule has 4 heteroatoms. The van der Waals surface area contributed by atoms with Crippen LogP contribution >= 0.6 is 11.6 Å². The van der Waals surface area contributed by atoms with Gasteiger partial charge in [0.25, 0.3) is 5.91 Å². The number of carbonyl (C=O) groups excluding carboxylic acids is 1. The Hall–Kier alpha value is -2.05. The zero-order chi connectivity index (χ0) is 12.0. The molecule has 1 aromatic rings. The zero-order valence-corrected chi connectivity index (χ0v) is 9.11. The molecule has 0 fully saturated rings. The molecule has 0 aliphatic rings. The summed E-state index contributed by atoms with van der Waals surface area (Å²) in [5.74, 6) is -0.767. The molecule has 0 unspecified atom stereocenters. The van der Waals surface area contributed by atoms with Crippen LogP contribution in [0.4, 0.5) is 0 Å². The predicted molar refractivity (Wildman–Crippen MR) is 63.2 cm³/mol. The zero-order valence-electron chi connectivity index (χ0n) is 8.35. The van der Waals surface area contributed by atoms with Crippen molar-refractivity contribution in [1.29, 1.82) is 5.26 Å². The number of amides is 1. The van der Waals surface area contributed by atoms with Crippen LogP contribution in [0.15, 0.2) is 48.1 Å². The van der Waals surface area contributed by atoms with Crippen LogP contribution in [-0.4, -0.2) is 5.91 Å². The van der Waals surface area contributed by atoms with Gasteiger partial charge in [-0.05, 0) is 17.7 Å². The Bertz CT molecular complexity index is 483. The van der Waals surface area contributed by atoms with Crippen LogP contribution in [0.2, 0.25) is 0 Å². The van der Waals surface area contributed by atoms with E-state index < -0.39 is 5.91 Å². The Morgan fingerprint density at radius 3 is 2.44 bits per heavy atom. The third-order valence-electron chi connectivity index (χ3n) is 1.83. The second-order valence-electron chi connectivity index (χ2n) is 2.94. The Morgan fingerprint density at radius 2 is 1.94 bits per heavy atom. The Balaban J connectivity index is 2.95. The molecule has 3 nitrogen and oxygen atoms in total. The predicted octanol–water partition coefficient (Wildman–Crippen LogP) is 2.20. The van der Waals surface area contributed by atoms with Gasteiger partial charge in [0.1, 0.15) is 11.6 Å². The van der Waals surface area contributed by atoms with Crippen LogP contribution in [0, 0.1) is 11.3 Å². The molecular weight excluding hydrogens is 224 g/mol. The van der Waals surface area contributed by atoms with Crippen LogP contribution in [0.1, 0.15) is 5.56 Å². The fourth-order valence-corrected chi connectivity index (χ4v) is 1.21. The third kappa shape index (κ3) is 3.26. The maximum atomic E-state index is 10.7. The number of benzene rings is 1. The summed E-state index contributed by atoms with van der Waals surface area (Å²) < 4.78 is 0. The summed E-state index contributed by atoms with van der Waals surface area (Å²) in [6, 6.07) is 10.9. The first-order valence-corrected chi connectivity index (χ1v) is 4.85. The minimum atomic E-state index is -0.767. The number of nitrogens with zero attached hydrogens (tertiary/aromatic N) is 1. The number of hydrogen-bond acceptors (Lipinski definition) is 2. The van der Waals surface area contributed by atoms with Crippen LogP contribution in [0.3, 0.4) is 0 Å². The van der Waals surface area contributed by atoms with Crippen molar-refractivity contribution in [2.24, 2.45) is 5.73 Å². The van der Waals surface area contributed by atoms with Gasteiger partial charge in [-0.15, -0.1) is 0 Å². The third-order valence-corrected chi connectivity index (χ3v) is 2.18. The summed E-state index contributed by atoms with van der Waals surface area (Å²) in [6.45, 7) is 0. The first kappa shape index (κ1) is 12.0. The minimum absolute atomic E-state index is 0.130. The highest BCUT2D eigenvalue weighted by atomic mass is 35.5. The van der Waals surface area contributed by atoms with E-state index in [0.717, 1.165) is 5.56 Å². The van der Waals surface area contributed by atoms with Crippen molar-refractivity contribution in [3.8, 4) is 6.07 Å². The molecule has 0 saturated heterocycles. The van der Waals surface area contributed by atoms with Crippen molar-refractivity contribution in [2.75, 3.05) is 0 Å². The number of hydrogen-bond donors (Lipinski definition) is 1. The van der Waals surface area contributed by atoms with Gasteiger partial charge in [-0.3, -0.25) is 4.79 Å². The van der Waals surface area contributed by atoms with E-state index in [9.17, 15) is 4.79 Å². The van der Waals surface area contributed by atoms with Crippen molar-refractivity contribution in [3.63, 3.8) is 0 Å².